The molecule has 0 aromatic carbocycles. The molecule has 1 heterocycles. The predicted molar refractivity (Wildman–Crippen MR) is 49.1 cm³/mol. The summed E-state index contributed by atoms with van der Waals surface area (Å²) < 4.78 is 9.30. The van der Waals surface area contributed by atoms with Crippen LogP contribution in [0.15, 0.2) is 4.99 Å². The van der Waals surface area contributed by atoms with Gasteiger partial charge in [0.25, 0.3) is 0 Å². The van der Waals surface area contributed by atoms with E-state index in [-0.39, 0.29) is 18.2 Å². The lowest BCUT2D eigenvalue weighted by Gasteiger charge is -2.18. The predicted octanol–water partition coefficient (Wildman–Crippen LogP) is 0.326. The summed E-state index contributed by atoms with van der Waals surface area (Å²) in [6, 6.07) is -0.0210. The van der Waals surface area contributed by atoms with Gasteiger partial charge in [-0.15, -0.1) is 0 Å². The maximum absolute atomic E-state index is 11.1. The molecule has 0 saturated carbocycles. The number of hydrogen-bond acceptors (Lipinski definition) is 5. The normalized spacial score (nSPS) is 21.1. The topological polar surface area (TPSA) is 65.0 Å². The summed E-state index contributed by atoms with van der Waals surface area (Å²) in [6.45, 7) is 2.25. The monoisotopic (exact) mass is 199 g/mol. The highest BCUT2D eigenvalue weighted by atomic mass is 16.5. The Morgan fingerprint density at radius 2 is 2.43 bits per heavy atom. The van der Waals surface area contributed by atoms with E-state index < -0.39 is 11.9 Å². The van der Waals surface area contributed by atoms with Gasteiger partial charge >= 0.3 is 11.9 Å². The second kappa shape index (κ2) is 4.74. The maximum atomic E-state index is 11.1. The van der Waals surface area contributed by atoms with Crippen molar-refractivity contribution >= 4 is 17.7 Å². The van der Waals surface area contributed by atoms with Crippen molar-refractivity contribution in [2.24, 2.45) is 4.99 Å². The molecule has 0 saturated heterocycles. The summed E-state index contributed by atoms with van der Waals surface area (Å²) in [5.74, 6) is -0.988. The molecule has 5 heteroatoms. The van der Waals surface area contributed by atoms with E-state index in [0.29, 0.717) is 6.61 Å². The molecule has 5 nitrogen and oxygen atoms in total. The average Bonchev–Trinajstić information content (AvgIpc) is 2.21. The lowest BCUT2D eigenvalue weighted by atomic mass is 10.2. The van der Waals surface area contributed by atoms with Crippen molar-refractivity contribution in [1.29, 1.82) is 0 Å². The van der Waals surface area contributed by atoms with Gasteiger partial charge in [-0.3, -0.25) is 9.79 Å². The van der Waals surface area contributed by atoms with Crippen molar-refractivity contribution in [1.82, 2.24) is 0 Å². The fraction of sp³-hybridized carbons (Fsp3) is 0.667. The van der Waals surface area contributed by atoms with Gasteiger partial charge in [0.15, 0.2) is 0 Å². The van der Waals surface area contributed by atoms with Gasteiger partial charge in [-0.1, -0.05) is 6.92 Å². The Labute approximate surface area is 82.1 Å². The van der Waals surface area contributed by atoms with E-state index in [1.165, 1.54) is 7.11 Å². The van der Waals surface area contributed by atoms with Crippen molar-refractivity contribution in [3.8, 4) is 0 Å². The lowest BCUT2D eigenvalue weighted by Crippen LogP contribution is -2.32. The first-order chi connectivity index (χ1) is 6.67. The van der Waals surface area contributed by atoms with Gasteiger partial charge in [-0.05, 0) is 6.42 Å². The fourth-order valence-corrected chi connectivity index (χ4v) is 1.10. The smallest absolute Gasteiger partial charge is 0.352 e. The zero-order chi connectivity index (χ0) is 10.6. The molecular weight excluding hydrogens is 186 g/mol. The molecule has 0 radical (unpaired) electrons. The zero-order valence-electron chi connectivity index (χ0n) is 8.28. The number of cyclic esters (lactones) is 1. The number of carbonyl (C=O) groups is 2. The minimum atomic E-state index is -0.514. The van der Waals surface area contributed by atoms with Crippen LogP contribution in [0.3, 0.4) is 0 Å². The van der Waals surface area contributed by atoms with Crippen LogP contribution >= 0.6 is 0 Å². The molecule has 0 aliphatic carbocycles. The van der Waals surface area contributed by atoms with Crippen molar-refractivity contribution in [2.75, 3.05) is 13.7 Å². The van der Waals surface area contributed by atoms with E-state index in [1.807, 2.05) is 6.92 Å². The second-order valence-electron chi connectivity index (χ2n) is 2.99. The third-order valence-electron chi connectivity index (χ3n) is 1.99. The number of carbonyl (C=O) groups excluding carboxylic acids is 2. The van der Waals surface area contributed by atoms with Gasteiger partial charge in [0, 0.05) is 0 Å². The van der Waals surface area contributed by atoms with Crippen LogP contribution < -0.4 is 0 Å². The van der Waals surface area contributed by atoms with Crippen LogP contribution in [0.4, 0.5) is 0 Å². The van der Waals surface area contributed by atoms with Crippen LogP contribution in [0.25, 0.3) is 0 Å². The van der Waals surface area contributed by atoms with E-state index in [9.17, 15) is 9.59 Å². The Kier molecular flexibility index (Phi) is 3.62. The van der Waals surface area contributed by atoms with Gasteiger partial charge in [0.2, 0.25) is 0 Å². The lowest BCUT2D eigenvalue weighted by molar-refractivity contribution is -0.142. The van der Waals surface area contributed by atoms with Crippen LogP contribution in [-0.4, -0.2) is 37.4 Å². The molecule has 1 aliphatic heterocycles. The van der Waals surface area contributed by atoms with Crippen LogP contribution in [-0.2, 0) is 19.1 Å². The molecule has 1 unspecified atom stereocenters. The summed E-state index contributed by atoms with van der Waals surface area (Å²) in [4.78, 5) is 26.2. The van der Waals surface area contributed by atoms with Gasteiger partial charge in [-0.2, -0.15) is 0 Å². The molecule has 0 aromatic heterocycles. The summed E-state index contributed by atoms with van der Waals surface area (Å²) in [5.41, 5.74) is 0.162. The summed E-state index contributed by atoms with van der Waals surface area (Å²) in [5, 5.41) is 0. The number of ether oxygens (including phenoxy) is 2. The number of rotatable bonds is 3. The molecule has 1 aliphatic rings. The highest BCUT2D eigenvalue weighted by Gasteiger charge is 2.24. The highest BCUT2D eigenvalue weighted by Crippen LogP contribution is 2.08. The molecule has 0 amide bonds. The van der Waals surface area contributed by atoms with E-state index in [1.54, 1.807) is 0 Å². The van der Waals surface area contributed by atoms with E-state index in [0.717, 1.165) is 6.42 Å². The third-order valence-corrected chi connectivity index (χ3v) is 1.99. The Balaban J connectivity index is 2.67. The van der Waals surface area contributed by atoms with E-state index in [4.69, 9.17) is 4.74 Å². The molecule has 1 rings (SSSR count). The standard InChI is InChI=1S/C9H13NO4/c1-3-6-5-14-9(12)7(10-6)4-8(11)13-2/h6H,3-5H2,1-2H3. The van der Waals surface area contributed by atoms with Crippen molar-refractivity contribution < 1.29 is 19.1 Å². The third kappa shape index (κ3) is 2.55. The molecule has 0 N–H and O–H groups in total. The molecule has 1 atom stereocenters. The summed E-state index contributed by atoms with van der Waals surface area (Å²) in [7, 11) is 1.27. The molecule has 0 aromatic rings. The Hall–Kier alpha value is -1.39. The number of hydrogen-bond donors (Lipinski definition) is 0. The minimum Gasteiger partial charge on any atom is -0.469 e. The summed E-state index contributed by atoms with van der Waals surface area (Å²) in [6.07, 6.45) is 0.684. The Morgan fingerprint density at radius 1 is 1.71 bits per heavy atom. The molecule has 78 valence electrons. The molecule has 0 bridgehead atoms. The van der Waals surface area contributed by atoms with E-state index in [2.05, 4.69) is 9.73 Å². The van der Waals surface area contributed by atoms with Gasteiger partial charge in [0.05, 0.1) is 19.6 Å². The van der Waals surface area contributed by atoms with Crippen LogP contribution in [0.2, 0.25) is 0 Å². The Bertz CT molecular complexity index is 272. The average molecular weight is 199 g/mol. The van der Waals surface area contributed by atoms with E-state index >= 15 is 0 Å². The SMILES string of the molecule is CCC1COC(=O)C(CC(=O)OC)=N1. The Morgan fingerprint density at radius 3 is 3.00 bits per heavy atom. The van der Waals surface area contributed by atoms with Crippen LogP contribution in [0, 0.1) is 0 Å². The first kappa shape index (κ1) is 10.7. The second-order valence-corrected chi connectivity index (χ2v) is 2.99. The van der Waals surface area contributed by atoms with Gasteiger partial charge in [-0.25, -0.2) is 4.79 Å². The molecular formula is C9H13NO4. The molecule has 0 spiro atoms. The minimum absolute atomic E-state index is 0.0210. The van der Waals surface area contributed by atoms with Crippen molar-refractivity contribution in [3.63, 3.8) is 0 Å². The number of nitrogens with zero attached hydrogens (tertiary/aromatic N) is 1. The number of aliphatic imine (C=N–C) groups is 1. The van der Waals surface area contributed by atoms with Crippen LogP contribution in [0.1, 0.15) is 19.8 Å². The zero-order valence-corrected chi connectivity index (χ0v) is 8.28. The largest absolute Gasteiger partial charge is 0.469 e. The molecule has 14 heavy (non-hydrogen) atoms. The first-order valence-electron chi connectivity index (χ1n) is 4.48. The summed E-state index contributed by atoms with van der Waals surface area (Å²) >= 11 is 0. The number of methoxy groups -OCH3 is 1. The fourth-order valence-electron chi connectivity index (χ4n) is 1.10. The number of esters is 2. The van der Waals surface area contributed by atoms with Crippen molar-refractivity contribution in [2.45, 2.75) is 25.8 Å². The quantitative estimate of drug-likeness (QED) is 0.614. The van der Waals surface area contributed by atoms with Gasteiger partial charge < -0.3 is 9.47 Å². The maximum Gasteiger partial charge on any atom is 0.352 e. The van der Waals surface area contributed by atoms with Crippen molar-refractivity contribution in [3.05, 3.63) is 0 Å². The highest BCUT2D eigenvalue weighted by molar-refractivity contribution is 6.39. The first-order valence-corrected chi connectivity index (χ1v) is 4.48. The molecule has 0 fully saturated rings. The van der Waals surface area contributed by atoms with Gasteiger partial charge in [0.1, 0.15) is 12.3 Å². The van der Waals surface area contributed by atoms with Crippen LogP contribution in [0.5, 0.6) is 0 Å².